The largest absolute Gasteiger partial charge is 0.336 e. The number of ketones is 1. The summed E-state index contributed by atoms with van der Waals surface area (Å²) < 4.78 is 1.81. The molecule has 0 atom stereocenters. The number of fused-ring (bicyclic) bond motifs is 1. The van der Waals surface area contributed by atoms with Crippen LogP contribution in [-0.2, 0) is 4.79 Å². The molecular weight excluding hydrogens is 360 g/mol. The molecule has 5 heteroatoms. The Labute approximate surface area is 163 Å². The number of aromatic nitrogens is 1. The third kappa shape index (κ3) is 3.50. The topological polar surface area (TPSA) is 41.8 Å². The zero-order chi connectivity index (χ0) is 18.8. The van der Waals surface area contributed by atoms with Gasteiger partial charge in [-0.25, -0.2) is 0 Å². The third-order valence-electron chi connectivity index (χ3n) is 5.14. The lowest BCUT2D eigenvalue weighted by atomic mass is 10.0. The van der Waals surface area contributed by atoms with Crippen LogP contribution in [0, 0.1) is 0 Å². The second-order valence-corrected chi connectivity index (χ2v) is 7.38. The van der Waals surface area contributed by atoms with Crippen molar-refractivity contribution in [2.24, 2.45) is 0 Å². The number of amides is 1. The van der Waals surface area contributed by atoms with E-state index in [1.165, 1.54) is 0 Å². The minimum Gasteiger partial charge on any atom is -0.336 e. The van der Waals surface area contributed by atoms with Gasteiger partial charge in [0.25, 0.3) is 11.7 Å². The van der Waals surface area contributed by atoms with Gasteiger partial charge in [0.2, 0.25) is 0 Å². The van der Waals surface area contributed by atoms with Crippen molar-refractivity contribution in [3.63, 3.8) is 0 Å². The molecule has 27 heavy (non-hydrogen) atoms. The summed E-state index contributed by atoms with van der Waals surface area (Å²) in [6.45, 7) is 1.31. The standard InChI is InChI=1S/C22H21ClN2O2/c23-17-10-8-16(9-11-17)19-15-18-7-3-6-14-25(18)20(19)21(26)22(27)24-12-4-1-2-5-13-24/h3,6-11,14-15H,1-2,4-5,12-13H2. The summed E-state index contributed by atoms with van der Waals surface area (Å²) in [7, 11) is 0. The fourth-order valence-electron chi connectivity index (χ4n) is 3.72. The Bertz CT molecular complexity index is 983. The van der Waals surface area contributed by atoms with Crippen LogP contribution in [0.5, 0.6) is 0 Å². The van der Waals surface area contributed by atoms with Gasteiger partial charge in [-0.05, 0) is 48.7 Å². The van der Waals surface area contributed by atoms with Crippen LogP contribution in [0.1, 0.15) is 36.2 Å². The molecule has 0 aliphatic carbocycles. The highest BCUT2D eigenvalue weighted by Gasteiger charge is 2.28. The zero-order valence-corrected chi connectivity index (χ0v) is 15.8. The highest BCUT2D eigenvalue weighted by atomic mass is 35.5. The molecule has 1 aromatic carbocycles. The molecule has 1 aliphatic rings. The molecule has 3 aromatic rings. The molecule has 0 bridgehead atoms. The van der Waals surface area contributed by atoms with E-state index in [-0.39, 0.29) is 0 Å². The van der Waals surface area contributed by atoms with Crippen molar-refractivity contribution in [1.29, 1.82) is 0 Å². The van der Waals surface area contributed by atoms with Gasteiger partial charge in [-0.15, -0.1) is 0 Å². The van der Waals surface area contributed by atoms with Crippen molar-refractivity contribution in [2.75, 3.05) is 13.1 Å². The molecule has 4 rings (SSSR count). The van der Waals surface area contributed by atoms with Crippen molar-refractivity contribution in [1.82, 2.24) is 9.30 Å². The number of benzene rings is 1. The molecule has 3 heterocycles. The first-order valence-electron chi connectivity index (χ1n) is 9.35. The summed E-state index contributed by atoms with van der Waals surface area (Å²) in [5, 5.41) is 0.635. The summed E-state index contributed by atoms with van der Waals surface area (Å²) in [4.78, 5) is 27.9. The molecule has 138 valence electrons. The van der Waals surface area contributed by atoms with E-state index in [0.29, 0.717) is 23.8 Å². The van der Waals surface area contributed by atoms with E-state index in [2.05, 4.69) is 0 Å². The summed E-state index contributed by atoms with van der Waals surface area (Å²) in [6.07, 6.45) is 5.97. The van der Waals surface area contributed by atoms with Gasteiger partial charge in [-0.2, -0.15) is 0 Å². The summed E-state index contributed by atoms with van der Waals surface area (Å²) in [5.74, 6) is -0.857. The average molecular weight is 381 g/mol. The minimum atomic E-state index is -0.451. The SMILES string of the molecule is O=C(C(=O)N1CCCCCC1)c1c(-c2ccc(Cl)cc2)cc2ccccn12. The predicted molar refractivity (Wildman–Crippen MR) is 107 cm³/mol. The number of likely N-dealkylation sites (tertiary alicyclic amines) is 1. The van der Waals surface area contributed by atoms with Crippen LogP contribution in [0.15, 0.2) is 54.7 Å². The van der Waals surface area contributed by atoms with Gasteiger partial charge in [0.15, 0.2) is 0 Å². The average Bonchev–Trinajstić information content (AvgIpc) is 2.87. The van der Waals surface area contributed by atoms with Crippen LogP contribution in [0.3, 0.4) is 0 Å². The van der Waals surface area contributed by atoms with Crippen LogP contribution < -0.4 is 0 Å². The molecule has 1 fully saturated rings. The van der Waals surface area contributed by atoms with E-state index in [1.54, 1.807) is 17.0 Å². The number of carbonyl (C=O) groups excluding carboxylic acids is 2. The Balaban J connectivity index is 1.79. The van der Waals surface area contributed by atoms with Crippen molar-refractivity contribution in [3.8, 4) is 11.1 Å². The molecule has 0 saturated carbocycles. The number of carbonyl (C=O) groups is 2. The second kappa shape index (κ2) is 7.57. The Morgan fingerprint density at radius 3 is 2.30 bits per heavy atom. The second-order valence-electron chi connectivity index (χ2n) is 6.94. The van der Waals surface area contributed by atoms with E-state index >= 15 is 0 Å². The molecule has 4 nitrogen and oxygen atoms in total. The summed E-state index contributed by atoms with van der Waals surface area (Å²) in [5.41, 5.74) is 2.93. The molecule has 0 unspecified atom stereocenters. The Morgan fingerprint density at radius 2 is 1.59 bits per heavy atom. The maximum Gasteiger partial charge on any atom is 0.296 e. The van der Waals surface area contributed by atoms with Gasteiger partial charge in [0, 0.05) is 35.4 Å². The van der Waals surface area contributed by atoms with Gasteiger partial charge < -0.3 is 9.30 Å². The normalized spacial score (nSPS) is 14.9. The van der Waals surface area contributed by atoms with E-state index in [9.17, 15) is 9.59 Å². The van der Waals surface area contributed by atoms with Crippen molar-refractivity contribution in [2.45, 2.75) is 25.7 Å². The number of rotatable bonds is 3. The van der Waals surface area contributed by atoms with Crippen molar-refractivity contribution < 1.29 is 9.59 Å². The summed E-state index contributed by atoms with van der Waals surface area (Å²) in [6, 6.07) is 15.0. The molecule has 1 amide bonds. The molecule has 0 spiro atoms. The molecular formula is C22H21ClN2O2. The van der Waals surface area contributed by atoms with Crippen molar-refractivity contribution >= 4 is 28.8 Å². The molecule has 1 saturated heterocycles. The van der Waals surface area contributed by atoms with Crippen molar-refractivity contribution in [3.05, 3.63) is 65.4 Å². The first-order chi connectivity index (χ1) is 13.1. The van der Waals surface area contributed by atoms with Gasteiger partial charge in [-0.1, -0.05) is 42.6 Å². The fraction of sp³-hybridized carbons (Fsp3) is 0.273. The molecule has 0 N–H and O–H groups in total. The van der Waals surface area contributed by atoms with Crippen LogP contribution in [0.4, 0.5) is 0 Å². The first-order valence-corrected chi connectivity index (χ1v) is 9.72. The number of Topliss-reactive ketones (excluding diaryl/α,β-unsaturated/α-hetero) is 1. The van der Waals surface area contributed by atoms with E-state index in [0.717, 1.165) is 42.3 Å². The van der Waals surface area contributed by atoms with Crippen LogP contribution in [0.25, 0.3) is 16.6 Å². The Kier molecular flexibility index (Phi) is 4.99. The lowest BCUT2D eigenvalue weighted by molar-refractivity contribution is -0.126. The Morgan fingerprint density at radius 1 is 0.889 bits per heavy atom. The van der Waals surface area contributed by atoms with E-state index < -0.39 is 11.7 Å². The third-order valence-corrected chi connectivity index (χ3v) is 5.39. The van der Waals surface area contributed by atoms with Gasteiger partial charge in [-0.3, -0.25) is 9.59 Å². The molecule has 1 aliphatic heterocycles. The number of pyridine rings is 1. The maximum absolute atomic E-state index is 13.3. The van der Waals surface area contributed by atoms with Crippen LogP contribution >= 0.6 is 11.6 Å². The predicted octanol–water partition coefficient (Wildman–Crippen LogP) is 4.85. The lowest BCUT2D eigenvalue weighted by Gasteiger charge is -2.19. The monoisotopic (exact) mass is 380 g/mol. The highest BCUT2D eigenvalue weighted by molar-refractivity contribution is 6.43. The fourth-order valence-corrected chi connectivity index (χ4v) is 3.85. The quantitative estimate of drug-likeness (QED) is 0.481. The smallest absolute Gasteiger partial charge is 0.296 e. The maximum atomic E-state index is 13.3. The van der Waals surface area contributed by atoms with E-state index in [1.807, 2.05) is 47.0 Å². The first kappa shape index (κ1) is 17.8. The number of halogens is 1. The zero-order valence-electron chi connectivity index (χ0n) is 15.0. The molecule has 0 radical (unpaired) electrons. The Hall–Kier alpha value is -2.59. The number of hydrogen-bond donors (Lipinski definition) is 0. The van der Waals surface area contributed by atoms with Crippen LogP contribution in [0.2, 0.25) is 5.02 Å². The lowest BCUT2D eigenvalue weighted by Crippen LogP contribution is -2.37. The minimum absolute atomic E-state index is 0.407. The van der Waals surface area contributed by atoms with Gasteiger partial charge in [0.05, 0.1) is 0 Å². The van der Waals surface area contributed by atoms with Crippen LogP contribution in [-0.4, -0.2) is 34.1 Å². The summed E-state index contributed by atoms with van der Waals surface area (Å²) >= 11 is 6.01. The number of hydrogen-bond acceptors (Lipinski definition) is 2. The molecule has 2 aromatic heterocycles. The highest BCUT2D eigenvalue weighted by Crippen LogP contribution is 2.30. The van der Waals surface area contributed by atoms with Gasteiger partial charge in [0.1, 0.15) is 5.69 Å². The van der Waals surface area contributed by atoms with Gasteiger partial charge >= 0.3 is 0 Å². The van der Waals surface area contributed by atoms with E-state index in [4.69, 9.17) is 11.6 Å². The number of nitrogens with zero attached hydrogens (tertiary/aromatic N) is 2.